The third-order valence-electron chi connectivity index (χ3n) is 2.78. The fourth-order valence-electron chi connectivity index (χ4n) is 1.70. The summed E-state index contributed by atoms with van der Waals surface area (Å²) in [5, 5.41) is 0.652. The highest BCUT2D eigenvalue weighted by molar-refractivity contribution is 8.00. The molecule has 0 fully saturated rings. The molecule has 114 valence electrons. The van der Waals surface area contributed by atoms with E-state index in [1.807, 2.05) is 25.1 Å². The van der Waals surface area contributed by atoms with Gasteiger partial charge in [0.2, 0.25) is 5.91 Å². The first-order valence-electron chi connectivity index (χ1n) is 6.59. The van der Waals surface area contributed by atoms with Gasteiger partial charge in [-0.1, -0.05) is 29.3 Å². The van der Waals surface area contributed by atoms with Crippen LogP contribution < -0.4 is 10.9 Å². The maximum atomic E-state index is 11.9. The molecule has 0 unspecified atom stereocenters. The lowest BCUT2D eigenvalue weighted by atomic mass is 10.1. The fourth-order valence-corrected chi connectivity index (χ4v) is 2.53. The molecule has 2 N–H and O–H groups in total. The summed E-state index contributed by atoms with van der Waals surface area (Å²) in [4.78, 5) is 24.5. The van der Waals surface area contributed by atoms with E-state index in [9.17, 15) is 9.59 Å². The molecule has 0 aromatic heterocycles. The van der Waals surface area contributed by atoms with Gasteiger partial charge in [-0.25, -0.2) is 0 Å². The molecule has 0 saturated heterocycles. The highest BCUT2D eigenvalue weighted by Gasteiger charge is 2.07. The Morgan fingerprint density at radius 2 is 1.82 bits per heavy atom. The second kappa shape index (κ2) is 7.87. The number of nitrogens with one attached hydrogen (secondary N) is 2. The Labute approximate surface area is 138 Å². The molecule has 0 aliphatic heterocycles. The number of amides is 2. The van der Waals surface area contributed by atoms with Crippen LogP contribution >= 0.6 is 23.4 Å². The highest BCUT2D eigenvalue weighted by atomic mass is 35.5. The van der Waals surface area contributed by atoms with Gasteiger partial charge in [0.25, 0.3) is 5.91 Å². The Morgan fingerprint density at radius 1 is 1.09 bits per heavy atom. The van der Waals surface area contributed by atoms with Gasteiger partial charge < -0.3 is 0 Å². The summed E-state index contributed by atoms with van der Waals surface area (Å²) in [6.45, 7) is 1.90. The van der Waals surface area contributed by atoms with Gasteiger partial charge in [-0.05, 0) is 43.3 Å². The molecule has 0 radical (unpaired) electrons. The van der Waals surface area contributed by atoms with Crippen LogP contribution in [0.3, 0.4) is 0 Å². The molecule has 2 rings (SSSR count). The fraction of sp³-hybridized carbons (Fsp3) is 0.125. The Morgan fingerprint density at radius 3 is 2.50 bits per heavy atom. The number of hydrogen-bond acceptors (Lipinski definition) is 3. The van der Waals surface area contributed by atoms with Gasteiger partial charge in [0, 0.05) is 15.5 Å². The van der Waals surface area contributed by atoms with Gasteiger partial charge in [-0.15, -0.1) is 11.8 Å². The molecule has 22 heavy (non-hydrogen) atoms. The van der Waals surface area contributed by atoms with E-state index in [1.54, 1.807) is 30.3 Å². The summed E-state index contributed by atoms with van der Waals surface area (Å²) in [6, 6.07) is 14.3. The molecule has 0 atom stereocenters. The van der Waals surface area contributed by atoms with Crippen LogP contribution in [0.5, 0.6) is 0 Å². The van der Waals surface area contributed by atoms with Crippen molar-refractivity contribution < 1.29 is 9.59 Å². The number of carbonyl (C=O) groups excluding carboxylic acids is 2. The molecule has 0 aliphatic rings. The van der Waals surface area contributed by atoms with Gasteiger partial charge >= 0.3 is 0 Å². The van der Waals surface area contributed by atoms with Crippen molar-refractivity contribution in [1.82, 2.24) is 10.9 Å². The van der Waals surface area contributed by atoms with E-state index >= 15 is 0 Å². The van der Waals surface area contributed by atoms with Crippen LogP contribution in [0.4, 0.5) is 0 Å². The van der Waals surface area contributed by atoms with Crippen molar-refractivity contribution in [2.75, 3.05) is 5.75 Å². The van der Waals surface area contributed by atoms with Crippen LogP contribution in [-0.4, -0.2) is 17.6 Å². The summed E-state index contributed by atoms with van der Waals surface area (Å²) in [5.74, 6) is -0.412. The van der Waals surface area contributed by atoms with E-state index in [0.717, 1.165) is 10.5 Å². The third kappa shape index (κ3) is 5.09. The number of halogens is 1. The number of hydrogen-bond donors (Lipinski definition) is 2. The van der Waals surface area contributed by atoms with E-state index in [2.05, 4.69) is 10.9 Å². The number of hydrazine groups is 1. The lowest BCUT2D eigenvalue weighted by Gasteiger charge is -2.08. The summed E-state index contributed by atoms with van der Waals surface area (Å²) < 4.78 is 0. The number of aryl methyl sites for hydroxylation is 1. The van der Waals surface area contributed by atoms with E-state index < -0.39 is 0 Å². The zero-order chi connectivity index (χ0) is 15.9. The second-order valence-corrected chi connectivity index (χ2v) is 6.10. The molecule has 2 aromatic carbocycles. The first-order chi connectivity index (χ1) is 10.5. The average Bonchev–Trinajstić information content (AvgIpc) is 2.52. The Bertz CT molecular complexity index is 674. The highest BCUT2D eigenvalue weighted by Crippen LogP contribution is 2.19. The first kappa shape index (κ1) is 16.4. The van der Waals surface area contributed by atoms with Crippen LogP contribution in [0.1, 0.15) is 15.9 Å². The normalized spacial score (nSPS) is 10.1. The van der Waals surface area contributed by atoms with E-state index in [-0.39, 0.29) is 17.6 Å². The largest absolute Gasteiger partial charge is 0.272 e. The molecule has 2 amide bonds. The van der Waals surface area contributed by atoms with Gasteiger partial charge in [0.1, 0.15) is 0 Å². The Hall–Kier alpha value is -1.98. The maximum Gasteiger partial charge on any atom is 0.269 e. The average molecular weight is 335 g/mol. The minimum Gasteiger partial charge on any atom is -0.272 e. The Kier molecular flexibility index (Phi) is 5.86. The predicted octanol–water partition coefficient (Wildman–Crippen LogP) is 3.20. The Balaban J connectivity index is 1.78. The van der Waals surface area contributed by atoms with E-state index in [4.69, 9.17) is 11.6 Å². The van der Waals surface area contributed by atoms with Crippen molar-refractivity contribution >= 4 is 35.2 Å². The summed E-state index contributed by atoms with van der Waals surface area (Å²) in [6.07, 6.45) is 0. The molecule has 0 saturated carbocycles. The molecule has 0 spiro atoms. The van der Waals surface area contributed by atoms with E-state index in [1.165, 1.54) is 11.8 Å². The number of thioether (sulfide) groups is 1. The zero-order valence-electron chi connectivity index (χ0n) is 11.9. The molecular formula is C16H15ClN2O2S. The smallest absolute Gasteiger partial charge is 0.269 e. The van der Waals surface area contributed by atoms with Gasteiger partial charge in [-0.3, -0.25) is 20.4 Å². The lowest BCUT2D eigenvalue weighted by Crippen LogP contribution is -2.42. The van der Waals surface area contributed by atoms with Crippen molar-refractivity contribution in [1.29, 1.82) is 0 Å². The van der Waals surface area contributed by atoms with Crippen LogP contribution in [0.2, 0.25) is 5.02 Å². The van der Waals surface area contributed by atoms with Crippen molar-refractivity contribution in [3.63, 3.8) is 0 Å². The number of carbonyl (C=O) groups is 2. The minimum atomic E-state index is -0.339. The van der Waals surface area contributed by atoms with Crippen LogP contribution in [-0.2, 0) is 4.79 Å². The summed E-state index contributed by atoms with van der Waals surface area (Å²) >= 11 is 7.16. The molecule has 2 aromatic rings. The zero-order valence-corrected chi connectivity index (χ0v) is 13.5. The lowest BCUT2D eigenvalue weighted by molar-refractivity contribution is -0.119. The molecular weight excluding hydrogens is 320 g/mol. The molecule has 0 bridgehead atoms. The third-order valence-corrected chi connectivity index (χ3v) is 4.04. The standard InChI is InChI=1S/C16H15ClN2O2S/c1-11-3-2-4-12(9-11)16(21)19-18-15(20)10-22-14-7-5-13(17)6-8-14/h2-9H,10H2,1H3,(H,18,20)(H,19,21). The quantitative estimate of drug-likeness (QED) is 0.667. The minimum absolute atomic E-state index is 0.204. The molecule has 0 aliphatic carbocycles. The van der Waals surface area contributed by atoms with Crippen LogP contribution in [0, 0.1) is 6.92 Å². The molecule has 4 nitrogen and oxygen atoms in total. The van der Waals surface area contributed by atoms with Crippen molar-refractivity contribution in [2.24, 2.45) is 0 Å². The summed E-state index contributed by atoms with van der Waals surface area (Å²) in [7, 11) is 0. The second-order valence-electron chi connectivity index (χ2n) is 4.61. The van der Waals surface area contributed by atoms with Crippen molar-refractivity contribution in [2.45, 2.75) is 11.8 Å². The topological polar surface area (TPSA) is 58.2 Å². The SMILES string of the molecule is Cc1cccc(C(=O)NNC(=O)CSc2ccc(Cl)cc2)c1. The van der Waals surface area contributed by atoms with Gasteiger partial charge in [-0.2, -0.15) is 0 Å². The van der Waals surface area contributed by atoms with Gasteiger partial charge in [0.05, 0.1) is 5.75 Å². The first-order valence-corrected chi connectivity index (χ1v) is 7.95. The monoisotopic (exact) mass is 334 g/mol. The summed E-state index contributed by atoms with van der Waals surface area (Å²) in [5.41, 5.74) is 6.28. The van der Waals surface area contributed by atoms with Crippen molar-refractivity contribution in [3.05, 3.63) is 64.7 Å². The maximum absolute atomic E-state index is 11.9. The predicted molar refractivity (Wildman–Crippen MR) is 89.0 cm³/mol. The number of benzene rings is 2. The van der Waals surface area contributed by atoms with Crippen LogP contribution in [0.25, 0.3) is 0 Å². The van der Waals surface area contributed by atoms with E-state index in [0.29, 0.717) is 10.6 Å². The van der Waals surface area contributed by atoms with Crippen molar-refractivity contribution in [3.8, 4) is 0 Å². The number of rotatable bonds is 4. The molecule has 0 heterocycles. The van der Waals surface area contributed by atoms with Crippen LogP contribution in [0.15, 0.2) is 53.4 Å². The van der Waals surface area contributed by atoms with Gasteiger partial charge in [0.15, 0.2) is 0 Å². The molecule has 6 heteroatoms.